The van der Waals surface area contributed by atoms with Crippen LogP contribution >= 0.6 is 12.6 Å². The summed E-state index contributed by atoms with van der Waals surface area (Å²) in [6, 6.07) is 13.4. The van der Waals surface area contributed by atoms with E-state index in [1.807, 2.05) is 36.4 Å². The van der Waals surface area contributed by atoms with Crippen LogP contribution in [0.15, 0.2) is 61.2 Å². The van der Waals surface area contributed by atoms with E-state index in [0.717, 1.165) is 33.5 Å². The molecule has 4 aromatic rings. The number of benzene rings is 1. The van der Waals surface area contributed by atoms with Crippen LogP contribution in [0.5, 0.6) is 0 Å². The van der Waals surface area contributed by atoms with Gasteiger partial charge in [-0.1, -0.05) is 25.1 Å². The summed E-state index contributed by atoms with van der Waals surface area (Å²) in [6.07, 6.45) is 2.64. The lowest BCUT2D eigenvalue weighted by Gasteiger charge is -2.35. The summed E-state index contributed by atoms with van der Waals surface area (Å²) >= 11 is 4.89. The molecule has 0 radical (unpaired) electrons. The molecule has 42 heavy (non-hydrogen) atoms. The Hall–Kier alpha value is -3.90. The van der Waals surface area contributed by atoms with Gasteiger partial charge in [0.25, 0.3) is 12.3 Å². The molecule has 1 unspecified atom stereocenters. The fourth-order valence-electron chi connectivity index (χ4n) is 5.18. The molecule has 2 N–H and O–H groups in total. The Bertz CT molecular complexity index is 1520. The number of nitrogens with zero attached hydrogens (tertiary/aromatic N) is 6. The third kappa shape index (κ3) is 6.76. The third-order valence-corrected chi connectivity index (χ3v) is 8.27. The lowest BCUT2D eigenvalue weighted by Crippen LogP contribution is -2.48. The number of rotatable bonds is 10. The molecule has 0 saturated carbocycles. The van der Waals surface area contributed by atoms with Gasteiger partial charge in [0.1, 0.15) is 18.0 Å². The number of thiol groups is 1. The van der Waals surface area contributed by atoms with Gasteiger partial charge in [-0.2, -0.15) is 12.6 Å². The van der Waals surface area contributed by atoms with Gasteiger partial charge in [-0.05, 0) is 29.7 Å². The van der Waals surface area contributed by atoms with E-state index in [9.17, 15) is 13.6 Å². The number of hydrogen-bond donors (Lipinski definition) is 3. The van der Waals surface area contributed by atoms with Crippen LogP contribution in [0.3, 0.4) is 0 Å². The maximum atomic E-state index is 12.7. The van der Waals surface area contributed by atoms with Crippen molar-refractivity contribution < 1.29 is 13.6 Å². The highest BCUT2D eigenvalue weighted by atomic mass is 32.1. The zero-order valence-electron chi connectivity index (χ0n) is 23.5. The zero-order chi connectivity index (χ0) is 29.6. The molecule has 12 heteroatoms. The second-order valence-electron chi connectivity index (χ2n) is 10.3. The van der Waals surface area contributed by atoms with Crippen LogP contribution in [0.2, 0.25) is 0 Å². The zero-order valence-corrected chi connectivity index (χ0v) is 24.4. The van der Waals surface area contributed by atoms with E-state index in [-0.39, 0.29) is 23.6 Å². The molecule has 1 saturated heterocycles. The highest BCUT2D eigenvalue weighted by molar-refractivity contribution is 7.81. The van der Waals surface area contributed by atoms with E-state index in [4.69, 9.17) is 12.6 Å². The molecule has 3 aromatic heterocycles. The highest BCUT2D eigenvalue weighted by Crippen LogP contribution is 2.30. The molecule has 0 spiro atoms. The Morgan fingerprint density at radius 1 is 1.05 bits per heavy atom. The number of amides is 1. The quantitative estimate of drug-likeness (QED) is 0.234. The number of carbonyl (C=O) groups excluding carboxylic acids is 1. The predicted molar refractivity (Wildman–Crippen MR) is 165 cm³/mol. The summed E-state index contributed by atoms with van der Waals surface area (Å²) in [5.41, 5.74) is 3.99. The van der Waals surface area contributed by atoms with Crippen molar-refractivity contribution >= 4 is 41.1 Å². The van der Waals surface area contributed by atoms with Gasteiger partial charge in [0.2, 0.25) is 0 Å². The first kappa shape index (κ1) is 29.6. The van der Waals surface area contributed by atoms with Crippen molar-refractivity contribution in [3.63, 3.8) is 0 Å². The van der Waals surface area contributed by atoms with Gasteiger partial charge in [0.05, 0.1) is 23.3 Å². The van der Waals surface area contributed by atoms with E-state index in [1.54, 1.807) is 30.4 Å². The molecule has 1 aliphatic heterocycles. The lowest BCUT2D eigenvalue weighted by molar-refractivity contribution is 0.0853. The Morgan fingerprint density at radius 3 is 2.57 bits per heavy atom. The summed E-state index contributed by atoms with van der Waals surface area (Å²) in [6.45, 7) is 4.96. The number of aromatic nitrogens is 4. The SMILES string of the molecule is CNC(=O)c1ccnc2c([C@H](C)C(S)CNc3cc(-c4ccc(N5CCN(CC(F)F)CC5)nc4)ncn3)cccc12. The smallest absolute Gasteiger partial charge is 0.251 e. The maximum Gasteiger partial charge on any atom is 0.251 e. The van der Waals surface area contributed by atoms with E-state index in [2.05, 4.69) is 42.4 Å². The van der Waals surface area contributed by atoms with Crippen molar-refractivity contribution in [2.75, 3.05) is 56.5 Å². The number of piperazine rings is 1. The second kappa shape index (κ2) is 13.4. The van der Waals surface area contributed by atoms with Crippen molar-refractivity contribution in [1.82, 2.24) is 30.2 Å². The number of pyridine rings is 2. The minimum atomic E-state index is -2.31. The summed E-state index contributed by atoms with van der Waals surface area (Å²) in [5, 5.41) is 6.81. The molecule has 0 bridgehead atoms. The Kier molecular flexibility index (Phi) is 9.43. The summed E-state index contributed by atoms with van der Waals surface area (Å²) in [7, 11) is 1.62. The molecule has 220 valence electrons. The van der Waals surface area contributed by atoms with Gasteiger partial charge < -0.3 is 15.5 Å². The van der Waals surface area contributed by atoms with Crippen molar-refractivity contribution in [3.05, 3.63) is 72.3 Å². The fourth-order valence-corrected chi connectivity index (χ4v) is 5.44. The van der Waals surface area contributed by atoms with E-state index >= 15 is 0 Å². The lowest BCUT2D eigenvalue weighted by atomic mass is 9.93. The standard InChI is InChI=1S/C30H34F2N8OS/c1-19(21-4-3-5-22-23(30(41)33-2)8-9-34-29(21)22)25(42)16-35-27-14-24(37-18-38-27)20-6-7-28(36-15-20)40-12-10-39(11-13-40)17-26(31)32/h3-9,14-15,18-19,25-26,42H,10-13,16-17H2,1-2H3,(H,33,41)(H,35,37,38)/t19-,25?/m0/s1. The number of fused-ring (bicyclic) bond motifs is 1. The number of alkyl halides is 2. The molecule has 5 rings (SSSR count). The predicted octanol–water partition coefficient (Wildman–Crippen LogP) is 4.35. The molecule has 1 aliphatic rings. The summed E-state index contributed by atoms with van der Waals surface area (Å²) in [4.78, 5) is 34.2. The number of nitrogens with one attached hydrogen (secondary N) is 2. The molecular formula is C30H34F2N8OS. The van der Waals surface area contributed by atoms with Gasteiger partial charge >= 0.3 is 0 Å². The van der Waals surface area contributed by atoms with Gasteiger partial charge in [0.15, 0.2) is 0 Å². The number of hydrogen-bond acceptors (Lipinski definition) is 9. The fraction of sp³-hybridized carbons (Fsp3) is 0.367. The Balaban J connectivity index is 1.22. The monoisotopic (exact) mass is 592 g/mol. The first-order valence-electron chi connectivity index (χ1n) is 13.9. The average Bonchev–Trinajstić information content (AvgIpc) is 3.02. The van der Waals surface area contributed by atoms with Crippen molar-refractivity contribution in [1.29, 1.82) is 0 Å². The first-order chi connectivity index (χ1) is 20.3. The summed E-state index contributed by atoms with van der Waals surface area (Å²) < 4.78 is 25.3. The van der Waals surface area contributed by atoms with Gasteiger partial charge in [-0.25, -0.2) is 23.7 Å². The van der Waals surface area contributed by atoms with Crippen LogP contribution in [0, 0.1) is 0 Å². The molecule has 9 nitrogen and oxygen atoms in total. The number of para-hydroxylation sites is 1. The minimum absolute atomic E-state index is 0.0345. The largest absolute Gasteiger partial charge is 0.369 e. The molecule has 1 aromatic carbocycles. The molecule has 1 amide bonds. The molecular weight excluding hydrogens is 558 g/mol. The van der Waals surface area contributed by atoms with Crippen molar-refractivity contribution in [3.8, 4) is 11.3 Å². The first-order valence-corrected chi connectivity index (χ1v) is 14.4. The number of anilines is 2. The Labute approximate surface area is 249 Å². The van der Waals surface area contributed by atoms with Crippen molar-refractivity contribution in [2.24, 2.45) is 0 Å². The van der Waals surface area contributed by atoms with Crippen LogP contribution in [-0.2, 0) is 0 Å². The minimum Gasteiger partial charge on any atom is -0.369 e. The second-order valence-corrected chi connectivity index (χ2v) is 11.0. The number of halogens is 2. The molecule has 1 fully saturated rings. The average molecular weight is 593 g/mol. The van der Waals surface area contributed by atoms with Crippen molar-refractivity contribution in [2.45, 2.75) is 24.5 Å². The van der Waals surface area contributed by atoms with Crippen LogP contribution < -0.4 is 15.5 Å². The molecule has 4 heterocycles. The molecule has 0 aliphatic carbocycles. The van der Waals surface area contributed by atoms with Crippen LogP contribution in [0.1, 0.15) is 28.8 Å². The topological polar surface area (TPSA) is 99.2 Å². The van der Waals surface area contributed by atoms with E-state index < -0.39 is 6.43 Å². The molecule has 2 atom stereocenters. The highest BCUT2D eigenvalue weighted by Gasteiger charge is 2.22. The van der Waals surface area contributed by atoms with Crippen LogP contribution in [0.4, 0.5) is 20.4 Å². The van der Waals surface area contributed by atoms with Gasteiger partial charge in [-0.3, -0.25) is 14.7 Å². The van der Waals surface area contributed by atoms with E-state index in [0.29, 0.717) is 44.1 Å². The maximum absolute atomic E-state index is 12.7. The number of carbonyl (C=O) groups is 1. The van der Waals surface area contributed by atoms with Crippen LogP contribution in [0.25, 0.3) is 22.2 Å². The normalized spacial score (nSPS) is 15.5. The summed E-state index contributed by atoms with van der Waals surface area (Å²) in [5.74, 6) is 1.38. The van der Waals surface area contributed by atoms with E-state index in [1.165, 1.54) is 6.33 Å². The third-order valence-electron chi connectivity index (χ3n) is 7.64. The Morgan fingerprint density at radius 2 is 1.86 bits per heavy atom. The van der Waals surface area contributed by atoms with Gasteiger partial charge in [-0.15, -0.1) is 0 Å². The van der Waals surface area contributed by atoms with Crippen LogP contribution in [-0.4, -0.2) is 88.7 Å². The van der Waals surface area contributed by atoms with Gasteiger partial charge in [0, 0.05) is 74.4 Å².